The number of halogens is 2. The Bertz CT molecular complexity index is 763. The van der Waals surface area contributed by atoms with Gasteiger partial charge in [-0.05, 0) is 51.8 Å². The summed E-state index contributed by atoms with van der Waals surface area (Å²) in [4.78, 5) is 4.59. The fourth-order valence-corrected chi connectivity index (χ4v) is 3.44. The van der Waals surface area contributed by atoms with E-state index >= 15 is 0 Å². The third-order valence-corrected chi connectivity index (χ3v) is 4.61. The number of thiazole rings is 1. The van der Waals surface area contributed by atoms with Crippen molar-refractivity contribution < 1.29 is 4.39 Å². The van der Waals surface area contributed by atoms with Gasteiger partial charge in [0.05, 0.1) is 9.48 Å². The molecule has 2 aromatic carbocycles. The van der Waals surface area contributed by atoms with Crippen LogP contribution in [0.15, 0.2) is 58.4 Å². The Morgan fingerprint density at radius 2 is 1.67 bits per heavy atom. The van der Waals surface area contributed by atoms with Crippen LogP contribution in [0.25, 0.3) is 23.4 Å². The van der Waals surface area contributed by atoms with Crippen LogP contribution in [-0.2, 0) is 0 Å². The van der Waals surface area contributed by atoms with Crippen molar-refractivity contribution in [3.8, 4) is 11.3 Å². The number of hydrogen-bond acceptors (Lipinski definition) is 2. The van der Waals surface area contributed by atoms with E-state index in [1.54, 1.807) is 23.5 Å². The molecule has 3 aromatic rings. The maximum absolute atomic E-state index is 13.0. The molecule has 0 bridgehead atoms. The van der Waals surface area contributed by atoms with Gasteiger partial charge in [0.25, 0.3) is 0 Å². The first-order valence-corrected chi connectivity index (χ1v) is 7.99. The summed E-state index contributed by atoms with van der Waals surface area (Å²) >= 11 is 5.08. The number of nitrogens with zero attached hydrogens (tertiary/aromatic N) is 1. The molecule has 0 aliphatic heterocycles. The zero-order chi connectivity index (χ0) is 14.7. The van der Waals surface area contributed by atoms with Crippen molar-refractivity contribution in [3.63, 3.8) is 0 Å². The van der Waals surface area contributed by atoms with Crippen LogP contribution >= 0.6 is 27.3 Å². The molecule has 1 heterocycles. The second kappa shape index (κ2) is 6.33. The average molecular weight is 360 g/mol. The third kappa shape index (κ3) is 3.46. The highest BCUT2D eigenvalue weighted by Crippen LogP contribution is 2.33. The summed E-state index contributed by atoms with van der Waals surface area (Å²) in [6, 6.07) is 16.4. The van der Waals surface area contributed by atoms with Gasteiger partial charge in [0.2, 0.25) is 0 Å². The lowest BCUT2D eigenvalue weighted by molar-refractivity contribution is 0.628. The SMILES string of the molecule is Fc1ccc(-c2nc(/C=C/c3ccccc3)sc2Br)cc1. The minimum Gasteiger partial charge on any atom is -0.235 e. The van der Waals surface area contributed by atoms with Crippen LogP contribution in [-0.4, -0.2) is 4.98 Å². The topological polar surface area (TPSA) is 12.9 Å². The molecule has 0 fully saturated rings. The summed E-state index contributed by atoms with van der Waals surface area (Å²) in [5.41, 5.74) is 2.87. The van der Waals surface area contributed by atoms with Gasteiger partial charge in [0.15, 0.2) is 0 Å². The van der Waals surface area contributed by atoms with E-state index in [1.807, 2.05) is 42.5 Å². The van der Waals surface area contributed by atoms with E-state index in [0.29, 0.717) is 0 Å². The molecule has 0 radical (unpaired) electrons. The highest BCUT2D eigenvalue weighted by molar-refractivity contribution is 9.11. The second-order valence-electron chi connectivity index (χ2n) is 4.43. The first-order valence-electron chi connectivity index (χ1n) is 6.38. The van der Waals surface area contributed by atoms with Gasteiger partial charge in [-0.1, -0.05) is 36.4 Å². The van der Waals surface area contributed by atoms with Crippen LogP contribution < -0.4 is 0 Å². The minimum absolute atomic E-state index is 0.241. The summed E-state index contributed by atoms with van der Waals surface area (Å²) in [6.07, 6.45) is 4.01. The molecule has 104 valence electrons. The Balaban J connectivity index is 1.88. The van der Waals surface area contributed by atoms with Crippen molar-refractivity contribution in [2.24, 2.45) is 0 Å². The highest BCUT2D eigenvalue weighted by Gasteiger charge is 2.09. The van der Waals surface area contributed by atoms with Crippen LogP contribution in [0.5, 0.6) is 0 Å². The molecule has 1 nitrogen and oxygen atoms in total. The fourth-order valence-electron chi connectivity index (χ4n) is 1.91. The van der Waals surface area contributed by atoms with Gasteiger partial charge in [-0.25, -0.2) is 9.37 Å². The van der Waals surface area contributed by atoms with E-state index < -0.39 is 0 Å². The summed E-state index contributed by atoms with van der Waals surface area (Å²) in [5, 5.41) is 0.907. The van der Waals surface area contributed by atoms with Gasteiger partial charge in [-0.2, -0.15) is 0 Å². The van der Waals surface area contributed by atoms with E-state index in [0.717, 1.165) is 25.6 Å². The first kappa shape index (κ1) is 14.2. The molecule has 0 saturated carbocycles. The summed E-state index contributed by atoms with van der Waals surface area (Å²) in [5.74, 6) is -0.241. The van der Waals surface area contributed by atoms with E-state index in [9.17, 15) is 4.39 Å². The van der Waals surface area contributed by atoms with Crippen molar-refractivity contribution in [2.45, 2.75) is 0 Å². The van der Waals surface area contributed by atoms with Crippen molar-refractivity contribution >= 4 is 39.4 Å². The van der Waals surface area contributed by atoms with Crippen molar-refractivity contribution in [2.75, 3.05) is 0 Å². The molecule has 0 saturated heterocycles. The predicted molar refractivity (Wildman–Crippen MR) is 90.6 cm³/mol. The molecule has 4 heteroatoms. The van der Waals surface area contributed by atoms with Gasteiger partial charge in [-0.15, -0.1) is 11.3 Å². The first-order chi connectivity index (χ1) is 10.2. The molecule has 0 atom stereocenters. The van der Waals surface area contributed by atoms with E-state index in [1.165, 1.54) is 12.1 Å². The minimum atomic E-state index is -0.241. The number of aromatic nitrogens is 1. The molecule has 0 unspecified atom stereocenters. The average Bonchev–Trinajstić information content (AvgIpc) is 2.88. The van der Waals surface area contributed by atoms with E-state index in [-0.39, 0.29) is 5.82 Å². The van der Waals surface area contributed by atoms with Gasteiger partial charge in [0, 0.05) is 5.56 Å². The van der Waals surface area contributed by atoms with Crippen molar-refractivity contribution in [1.82, 2.24) is 4.98 Å². The predicted octanol–water partition coefficient (Wildman–Crippen LogP) is 5.88. The standard InChI is InChI=1S/C17H11BrFNS/c18-17-16(13-7-9-14(19)10-8-13)20-15(21-17)11-6-12-4-2-1-3-5-12/h1-11H/b11-6+. The maximum atomic E-state index is 13.0. The zero-order valence-electron chi connectivity index (χ0n) is 11.0. The molecule has 0 aliphatic rings. The molecule has 0 spiro atoms. The number of rotatable bonds is 3. The lowest BCUT2D eigenvalue weighted by Crippen LogP contribution is -1.80. The molecular formula is C17H11BrFNS. The van der Waals surface area contributed by atoms with E-state index in [4.69, 9.17) is 0 Å². The summed E-state index contributed by atoms with van der Waals surface area (Å²) in [7, 11) is 0. The van der Waals surface area contributed by atoms with Crippen molar-refractivity contribution in [1.29, 1.82) is 0 Å². The number of hydrogen-bond donors (Lipinski definition) is 0. The van der Waals surface area contributed by atoms with Crippen LogP contribution in [0.1, 0.15) is 10.6 Å². The van der Waals surface area contributed by atoms with Gasteiger partial charge in [-0.3, -0.25) is 0 Å². The second-order valence-corrected chi connectivity index (χ2v) is 6.77. The highest BCUT2D eigenvalue weighted by atomic mass is 79.9. The largest absolute Gasteiger partial charge is 0.235 e. The summed E-state index contributed by atoms with van der Waals surface area (Å²) in [6.45, 7) is 0. The third-order valence-electron chi connectivity index (χ3n) is 2.94. The molecule has 0 amide bonds. The quantitative estimate of drug-likeness (QED) is 0.568. The van der Waals surface area contributed by atoms with E-state index in [2.05, 4.69) is 20.9 Å². The summed E-state index contributed by atoms with van der Waals surface area (Å²) < 4.78 is 13.9. The van der Waals surface area contributed by atoms with Crippen LogP contribution in [0.4, 0.5) is 4.39 Å². The normalized spacial score (nSPS) is 11.1. The molecule has 1 aromatic heterocycles. The Labute approximate surface area is 134 Å². The molecule has 3 rings (SSSR count). The zero-order valence-corrected chi connectivity index (χ0v) is 13.4. The molecule has 0 aliphatic carbocycles. The fraction of sp³-hybridized carbons (Fsp3) is 0. The van der Waals surface area contributed by atoms with Gasteiger partial charge >= 0.3 is 0 Å². The van der Waals surface area contributed by atoms with Gasteiger partial charge in [0.1, 0.15) is 10.8 Å². The van der Waals surface area contributed by atoms with Gasteiger partial charge < -0.3 is 0 Å². The maximum Gasteiger partial charge on any atom is 0.123 e. The Kier molecular flexibility index (Phi) is 4.27. The monoisotopic (exact) mass is 359 g/mol. The van der Waals surface area contributed by atoms with Crippen LogP contribution in [0, 0.1) is 5.82 Å². The lowest BCUT2D eigenvalue weighted by atomic mass is 10.2. The Morgan fingerprint density at radius 1 is 0.952 bits per heavy atom. The number of benzene rings is 2. The Hall–Kier alpha value is -1.78. The van der Waals surface area contributed by atoms with Crippen molar-refractivity contribution in [3.05, 3.63) is 74.8 Å². The molecule has 0 N–H and O–H groups in total. The lowest BCUT2D eigenvalue weighted by Gasteiger charge is -1.96. The smallest absolute Gasteiger partial charge is 0.123 e. The molecule has 21 heavy (non-hydrogen) atoms. The van der Waals surface area contributed by atoms with Crippen LogP contribution in [0.2, 0.25) is 0 Å². The Morgan fingerprint density at radius 3 is 2.38 bits per heavy atom. The molecular weight excluding hydrogens is 349 g/mol. The van der Waals surface area contributed by atoms with Crippen LogP contribution in [0.3, 0.4) is 0 Å².